The molecule has 1 saturated heterocycles. The van der Waals surface area contributed by atoms with E-state index in [1.807, 2.05) is 12.1 Å². The molecule has 1 aliphatic carbocycles. The molecule has 1 aliphatic heterocycles. The SMILES string of the molecule is Nc1ccccc1N1OC2(CC2)CC1=O. The zero-order valence-electron chi connectivity index (χ0n) is 8.27. The van der Waals surface area contributed by atoms with Crippen LogP contribution in [0.1, 0.15) is 19.3 Å². The molecular formula is C11H12N2O2. The molecule has 2 fully saturated rings. The van der Waals surface area contributed by atoms with E-state index in [0.717, 1.165) is 12.8 Å². The molecule has 0 atom stereocenters. The first kappa shape index (κ1) is 8.73. The Kier molecular flexibility index (Phi) is 1.59. The van der Waals surface area contributed by atoms with Crippen LogP contribution in [0.3, 0.4) is 0 Å². The normalized spacial score (nSPS) is 22.4. The lowest BCUT2D eigenvalue weighted by molar-refractivity contribution is -0.119. The molecule has 1 aromatic carbocycles. The summed E-state index contributed by atoms with van der Waals surface area (Å²) >= 11 is 0. The summed E-state index contributed by atoms with van der Waals surface area (Å²) in [5, 5.41) is 1.35. The third kappa shape index (κ3) is 1.29. The number of hydroxylamine groups is 1. The van der Waals surface area contributed by atoms with Gasteiger partial charge in [0.25, 0.3) is 5.91 Å². The van der Waals surface area contributed by atoms with Crippen LogP contribution in [0.25, 0.3) is 0 Å². The summed E-state index contributed by atoms with van der Waals surface area (Å²) in [4.78, 5) is 17.4. The highest BCUT2D eigenvalue weighted by atomic mass is 16.7. The molecule has 0 unspecified atom stereocenters. The fourth-order valence-electron chi connectivity index (χ4n) is 1.89. The lowest BCUT2D eigenvalue weighted by Gasteiger charge is -2.17. The lowest BCUT2D eigenvalue weighted by atomic mass is 10.2. The van der Waals surface area contributed by atoms with E-state index in [4.69, 9.17) is 10.6 Å². The fourth-order valence-corrected chi connectivity index (χ4v) is 1.89. The minimum absolute atomic E-state index is 0.00500. The Balaban J connectivity index is 1.95. The smallest absolute Gasteiger partial charge is 0.253 e. The topological polar surface area (TPSA) is 55.6 Å². The van der Waals surface area contributed by atoms with E-state index in [0.29, 0.717) is 17.8 Å². The van der Waals surface area contributed by atoms with Gasteiger partial charge in [0.05, 0.1) is 17.8 Å². The maximum Gasteiger partial charge on any atom is 0.253 e. The van der Waals surface area contributed by atoms with Crippen molar-refractivity contribution < 1.29 is 9.63 Å². The van der Waals surface area contributed by atoms with E-state index >= 15 is 0 Å². The van der Waals surface area contributed by atoms with Gasteiger partial charge in [-0.05, 0) is 25.0 Å². The van der Waals surface area contributed by atoms with E-state index in [1.54, 1.807) is 12.1 Å². The van der Waals surface area contributed by atoms with Crippen LogP contribution in [0.15, 0.2) is 24.3 Å². The second-order valence-corrected chi connectivity index (χ2v) is 4.20. The van der Waals surface area contributed by atoms with E-state index < -0.39 is 0 Å². The molecule has 3 rings (SSSR count). The number of nitrogens with zero attached hydrogens (tertiary/aromatic N) is 1. The van der Waals surface area contributed by atoms with Crippen molar-refractivity contribution in [1.29, 1.82) is 0 Å². The third-order valence-corrected chi connectivity index (χ3v) is 2.95. The summed E-state index contributed by atoms with van der Waals surface area (Å²) in [5.74, 6) is 0.00500. The monoisotopic (exact) mass is 204 g/mol. The highest BCUT2D eigenvalue weighted by molar-refractivity contribution is 5.96. The number of carbonyl (C=O) groups excluding carboxylic acids is 1. The molecule has 0 bridgehead atoms. The quantitative estimate of drug-likeness (QED) is 0.705. The Hall–Kier alpha value is -1.55. The van der Waals surface area contributed by atoms with Crippen LogP contribution in [-0.2, 0) is 9.63 Å². The van der Waals surface area contributed by atoms with Crippen LogP contribution in [0.5, 0.6) is 0 Å². The van der Waals surface area contributed by atoms with Gasteiger partial charge in [-0.15, -0.1) is 0 Å². The summed E-state index contributed by atoms with van der Waals surface area (Å²) < 4.78 is 0. The molecular weight excluding hydrogens is 192 g/mol. The molecule has 0 radical (unpaired) electrons. The predicted molar refractivity (Wildman–Crippen MR) is 56.0 cm³/mol. The van der Waals surface area contributed by atoms with Gasteiger partial charge >= 0.3 is 0 Å². The molecule has 1 amide bonds. The number of carbonyl (C=O) groups is 1. The second kappa shape index (κ2) is 2.73. The van der Waals surface area contributed by atoms with Gasteiger partial charge < -0.3 is 5.73 Å². The van der Waals surface area contributed by atoms with Crippen molar-refractivity contribution >= 4 is 17.3 Å². The van der Waals surface area contributed by atoms with Crippen LogP contribution in [0.4, 0.5) is 11.4 Å². The van der Waals surface area contributed by atoms with E-state index in [9.17, 15) is 4.79 Å². The summed E-state index contributed by atoms with van der Waals surface area (Å²) in [6.45, 7) is 0. The second-order valence-electron chi connectivity index (χ2n) is 4.20. The maximum absolute atomic E-state index is 11.7. The number of rotatable bonds is 1. The van der Waals surface area contributed by atoms with Crippen molar-refractivity contribution in [2.24, 2.45) is 0 Å². The lowest BCUT2D eigenvalue weighted by Crippen LogP contribution is -2.24. The molecule has 0 aromatic heterocycles. The number of benzene rings is 1. The van der Waals surface area contributed by atoms with E-state index in [-0.39, 0.29) is 11.5 Å². The first-order valence-corrected chi connectivity index (χ1v) is 5.07. The number of nitrogen functional groups attached to an aromatic ring is 1. The van der Waals surface area contributed by atoms with Gasteiger partial charge in [-0.3, -0.25) is 9.63 Å². The minimum Gasteiger partial charge on any atom is -0.397 e. The summed E-state index contributed by atoms with van der Waals surface area (Å²) in [6, 6.07) is 7.25. The standard InChI is InChI=1S/C11H12N2O2/c12-8-3-1-2-4-9(8)13-10(14)7-11(15-13)5-6-11/h1-4H,5-7,12H2. The molecule has 78 valence electrons. The largest absolute Gasteiger partial charge is 0.397 e. The Morgan fingerprint density at radius 1 is 1.33 bits per heavy atom. The molecule has 4 nitrogen and oxygen atoms in total. The Morgan fingerprint density at radius 2 is 2.07 bits per heavy atom. The zero-order chi connectivity index (χ0) is 10.5. The van der Waals surface area contributed by atoms with E-state index in [1.165, 1.54) is 5.06 Å². The van der Waals surface area contributed by atoms with Crippen molar-refractivity contribution in [2.75, 3.05) is 10.8 Å². The molecule has 1 heterocycles. The minimum atomic E-state index is -0.195. The van der Waals surface area contributed by atoms with Crippen molar-refractivity contribution in [3.63, 3.8) is 0 Å². The average molecular weight is 204 g/mol. The number of hydrogen-bond acceptors (Lipinski definition) is 3. The zero-order valence-corrected chi connectivity index (χ0v) is 8.27. The Morgan fingerprint density at radius 3 is 2.67 bits per heavy atom. The van der Waals surface area contributed by atoms with Crippen LogP contribution >= 0.6 is 0 Å². The van der Waals surface area contributed by atoms with Gasteiger partial charge in [-0.25, -0.2) is 0 Å². The number of hydrogen-bond donors (Lipinski definition) is 1. The third-order valence-electron chi connectivity index (χ3n) is 2.95. The van der Waals surface area contributed by atoms with Gasteiger partial charge in [0.2, 0.25) is 0 Å². The van der Waals surface area contributed by atoms with Gasteiger partial charge in [-0.1, -0.05) is 12.1 Å². The number of amides is 1. The number of para-hydroxylation sites is 2. The van der Waals surface area contributed by atoms with Crippen LogP contribution in [-0.4, -0.2) is 11.5 Å². The van der Waals surface area contributed by atoms with Crippen molar-refractivity contribution in [1.82, 2.24) is 0 Å². The number of nitrogens with two attached hydrogens (primary N) is 1. The Labute approximate surface area is 87.6 Å². The van der Waals surface area contributed by atoms with Gasteiger partial charge in [-0.2, -0.15) is 5.06 Å². The van der Waals surface area contributed by atoms with E-state index in [2.05, 4.69) is 0 Å². The highest BCUT2D eigenvalue weighted by Crippen LogP contribution is 2.49. The highest BCUT2D eigenvalue weighted by Gasteiger charge is 2.54. The Bertz CT molecular complexity index is 426. The average Bonchev–Trinajstić information content (AvgIpc) is 2.87. The summed E-state index contributed by atoms with van der Waals surface area (Å²) in [6.07, 6.45) is 2.44. The molecule has 4 heteroatoms. The number of anilines is 2. The van der Waals surface area contributed by atoms with Crippen LogP contribution in [0.2, 0.25) is 0 Å². The van der Waals surface area contributed by atoms with Crippen LogP contribution < -0.4 is 10.8 Å². The molecule has 1 aromatic rings. The van der Waals surface area contributed by atoms with Crippen LogP contribution in [0, 0.1) is 0 Å². The molecule has 1 saturated carbocycles. The molecule has 15 heavy (non-hydrogen) atoms. The van der Waals surface area contributed by atoms with Gasteiger partial charge in [0.15, 0.2) is 0 Å². The summed E-state index contributed by atoms with van der Waals surface area (Å²) in [7, 11) is 0. The first-order chi connectivity index (χ1) is 7.20. The maximum atomic E-state index is 11.7. The van der Waals surface area contributed by atoms with Gasteiger partial charge in [0.1, 0.15) is 5.60 Å². The van der Waals surface area contributed by atoms with Crippen molar-refractivity contribution in [3.8, 4) is 0 Å². The summed E-state index contributed by atoms with van der Waals surface area (Å²) in [5.41, 5.74) is 6.83. The molecule has 1 spiro atoms. The van der Waals surface area contributed by atoms with Gasteiger partial charge in [0, 0.05) is 0 Å². The van der Waals surface area contributed by atoms with Crippen molar-refractivity contribution in [3.05, 3.63) is 24.3 Å². The first-order valence-electron chi connectivity index (χ1n) is 5.07. The van der Waals surface area contributed by atoms with Crippen molar-refractivity contribution in [2.45, 2.75) is 24.9 Å². The molecule has 2 aliphatic rings. The fraction of sp³-hybridized carbons (Fsp3) is 0.364. The molecule has 2 N–H and O–H groups in total. The predicted octanol–water partition coefficient (Wildman–Crippen LogP) is 1.47.